The van der Waals surface area contributed by atoms with Gasteiger partial charge in [-0.15, -0.1) is 0 Å². The molecule has 2 aromatic carbocycles. The lowest BCUT2D eigenvalue weighted by Crippen LogP contribution is -2.39. The fourth-order valence-corrected chi connectivity index (χ4v) is 3.53. The van der Waals surface area contributed by atoms with Crippen molar-refractivity contribution >= 4 is 16.8 Å². The van der Waals surface area contributed by atoms with Crippen molar-refractivity contribution in [2.45, 2.75) is 20.3 Å². The van der Waals surface area contributed by atoms with Crippen molar-refractivity contribution in [3.05, 3.63) is 64.2 Å². The molecule has 0 bridgehead atoms. The third-order valence-electron chi connectivity index (χ3n) is 5.42. The van der Waals surface area contributed by atoms with Crippen LogP contribution < -0.4 is 15.6 Å². The number of amides is 1. The first-order valence-electron chi connectivity index (χ1n) is 10.3. The topological polar surface area (TPSA) is 76.5 Å². The van der Waals surface area contributed by atoms with Crippen molar-refractivity contribution in [3.63, 3.8) is 0 Å². The Hall–Kier alpha value is -3.19. The molecule has 1 saturated heterocycles. The van der Waals surface area contributed by atoms with Crippen molar-refractivity contribution in [1.29, 1.82) is 0 Å². The molecule has 7 heteroatoms. The zero-order valence-electron chi connectivity index (χ0n) is 17.4. The van der Waals surface area contributed by atoms with Gasteiger partial charge in [0.1, 0.15) is 18.7 Å². The summed E-state index contributed by atoms with van der Waals surface area (Å²) in [6.45, 7) is 8.06. The minimum Gasteiger partial charge on any atom is -0.492 e. The molecule has 1 amide bonds. The second-order valence-electron chi connectivity index (χ2n) is 7.50. The van der Waals surface area contributed by atoms with Crippen LogP contribution in [0.1, 0.15) is 29.3 Å². The molecule has 2 heterocycles. The molecule has 156 valence electrons. The standard InChI is InChI=1S/C23H26N4O3/c1-3-24-22(28)17-6-5-16(2)21(13-17)27-15-25-20-8-7-18(14-19(20)23(27)29)30-12-11-26-9-4-10-26/h5-8,13-15H,3-4,9-12H2,1-2H3,(H,24,28). The number of aryl methyl sites for hydroxylation is 1. The summed E-state index contributed by atoms with van der Waals surface area (Å²) in [6.07, 6.45) is 2.76. The van der Waals surface area contributed by atoms with Gasteiger partial charge in [0, 0.05) is 18.7 Å². The smallest absolute Gasteiger partial charge is 0.265 e. The minimum absolute atomic E-state index is 0.168. The van der Waals surface area contributed by atoms with E-state index in [-0.39, 0.29) is 11.5 Å². The minimum atomic E-state index is -0.190. The number of rotatable bonds is 7. The summed E-state index contributed by atoms with van der Waals surface area (Å²) in [6, 6.07) is 10.7. The molecular formula is C23H26N4O3. The molecule has 0 saturated carbocycles. The number of benzene rings is 2. The van der Waals surface area contributed by atoms with E-state index in [0.29, 0.717) is 41.1 Å². The average molecular weight is 406 g/mol. The van der Waals surface area contributed by atoms with Crippen LogP contribution in [0.3, 0.4) is 0 Å². The van der Waals surface area contributed by atoms with E-state index in [2.05, 4.69) is 15.2 Å². The lowest BCUT2D eigenvalue weighted by molar-refractivity contribution is 0.0956. The summed E-state index contributed by atoms with van der Waals surface area (Å²) >= 11 is 0. The van der Waals surface area contributed by atoms with Gasteiger partial charge in [0.05, 0.1) is 16.6 Å². The van der Waals surface area contributed by atoms with E-state index in [1.807, 2.05) is 26.0 Å². The Morgan fingerprint density at radius 3 is 2.77 bits per heavy atom. The van der Waals surface area contributed by atoms with Crippen LogP contribution in [0, 0.1) is 6.92 Å². The van der Waals surface area contributed by atoms with E-state index in [4.69, 9.17) is 4.74 Å². The first kappa shape index (κ1) is 20.1. The van der Waals surface area contributed by atoms with Gasteiger partial charge in [-0.05, 0) is 69.3 Å². The van der Waals surface area contributed by atoms with Gasteiger partial charge in [-0.3, -0.25) is 19.1 Å². The summed E-state index contributed by atoms with van der Waals surface area (Å²) in [7, 11) is 0. The van der Waals surface area contributed by atoms with Crippen LogP contribution in [0.25, 0.3) is 16.6 Å². The normalized spacial score (nSPS) is 13.8. The first-order valence-corrected chi connectivity index (χ1v) is 10.3. The second-order valence-corrected chi connectivity index (χ2v) is 7.50. The number of hydrogen-bond acceptors (Lipinski definition) is 5. The van der Waals surface area contributed by atoms with Crippen molar-refractivity contribution < 1.29 is 9.53 Å². The fraction of sp³-hybridized carbons (Fsp3) is 0.348. The zero-order valence-corrected chi connectivity index (χ0v) is 17.4. The molecule has 0 aliphatic carbocycles. The van der Waals surface area contributed by atoms with E-state index < -0.39 is 0 Å². The van der Waals surface area contributed by atoms with Crippen LogP contribution in [0.5, 0.6) is 5.75 Å². The Bertz CT molecular complexity index is 1130. The maximum absolute atomic E-state index is 13.2. The monoisotopic (exact) mass is 406 g/mol. The number of fused-ring (bicyclic) bond motifs is 1. The predicted octanol–water partition coefficient (Wildman–Crippen LogP) is 2.53. The Balaban J connectivity index is 1.66. The lowest BCUT2D eigenvalue weighted by Gasteiger charge is -2.30. The first-order chi connectivity index (χ1) is 14.6. The maximum Gasteiger partial charge on any atom is 0.265 e. The SMILES string of the molecule is CCNC(=O)c1ccc(C)c(-n2cnc3ccc(OCCN4CCC4)cc3c2=O)c1. The van der Waals surface area contributed by atoms with E-state index in [1.165, 1.54) is 17.3 Å². The van der Waals surface area contributed by atoms with Gasteiger partial charge in [0.25, 0.3) is 11.5 Å². The lowest BCUT2D eigenvalue weighted by atomic mass is 10.1. The van der Waals surface area contributed by atoms with Gasteiger partial charge in [-0.25, -0.2) is 4.98 Å². The molecule has 0 spiro atoms. The van der Waals surface area contributed by atoms with Crippen molar-refractivity contribution in [3.8, 4) is 11.4 Å². The number of likely N-dealkylation sites (tertiary alicyclic amines) is 1. The molecule has 1 fully saturated rings. The van der Waals surface area contributed by atoms with Gasteiger partial charge in [0.2, 0.25) is 0 Å². The molecule has 7 nitrogen and oxygen atoms in total. The van der Waals surface area contributed by atoms with Gasteiger partial charge in [0.15, 0.2) is 0 Å². The highest BCUT2D eigenvalue weighted by Gasteiger charge is 2.14. The molecule has 1 N–H and O–H groups in total. The summed E-state index contributed by atoms with van der Waals surface area (Å²) in [5, 5.41) is 3.27. The van der Waals surface area contributed by atoms with Gasteiger partial charge in [-0.1, -0.05) is 6.07 Å². The van der Waals surface area contributed by atoms with Gasteiger partial charge < -0.3 is 10.1 Å². The molecule has 3 aromatic rings. The van der Waals surface area contributed by atoms with E-state index in [0.717, 1.165) is 25.2 Å². The average Bonchev–Trinajstić information content (AvgIpc) is 2.71. The van der Waals surface area contributed by atoms with Crippen LogP contribution in [0.15, 0.2) is 47.5 Å². The van der Waals surface area contributed by atoms with E-state index in [1.54, 1.807) is 24.3 Å². The van der Waals surface area contributed by atoms with Crippen molar-refractivity contribution in [1.82, 2.24) is 19.8 Å². The molecule has 1 aromatic heterocycles. The second kappa shape index (κ2) is 8.67. The van der Waals surface area contributed by atoms with Crippen LogP contribution >= 0.6 is 0 Å². The number of ether oxygens (including phenoxy) is 1. The Morgan fingerprint density at radius 2 is 2.03 bits per heavy atom. The molecule has 1 aliphatic rings. The Kier molecular flexibility index (Phi) is 5.81. The largest absolute Gasteiger partial charge is 0.492 e. The fourth-order valence-electron chi connectivity index (χ4n) is 3.53. The summed E-state index contributed by atoms with van der Waals surface area (Å²) in [5.41, 5.74) is 2.45. The van der Waals surface area contributed by atoms with Crippen molar-refractivity contribution in [2.24, 2.45) is 0 Å². The summed E-state index contributed by atoms with van der Waals surface area (Å²) < 4.78 is 7.34. The highest BCUT2D eigenvalue weighted by molar-refractivity contribution is 5.94. The molecule has 0 unspecified atom stereocenters. The Labute approximate surface area is 175 Å². The third kappa shape index (κ3) is 4.07. The van der Waals surface area contributed by atoms with Crippen LogP contribution in [-0.4, -0.2) is 53.1 Å². The Morgan fingerprint density at radius 1 is 1.20 bits per heavy atom. The number of nitrogens with one attached hydrogen (secondary N) is 1. The van der Waals surface area contributed by atoms with Crippen molar-refractivity contribution in [2.75, 3.05) is 32.8 Å². The van der Waals surface area contributed by atoms with E-state index >= 15 is 0 Å². The van der Waals surface area contributed by atoms with Crippen LogP contribution in [0.4, 0.5) is 0 Å². The number of carbonyl (C=O) groups is 1. The summed E-state index contributed by atoms with van der Waals surface area (Å²) in [5.74, 6) is 0.492. The molecule has 4 rings (SSSR count). The molecule has 1 aliphatic heterocycles. The molecule has 0 atom stereocenters. The quantitative estimate of drug-likeness (QED) is 0.653. The van der Waals surface area contributed by atoms with Crippen LogP contribution in [-0.2, 0) is 0 Å². The maximum atomic E-state index is 13.2. The molecule has 0 radical (unpaired) electrons. The van der Waals surface area contributed by atoms with E-state index in [9.17, 15) is 9.59 Å². The molecular weight excluding hydrogens is 380 g/mol. The molecule has 30 heavy (non-hydrogen) atoms. The number of hydrogen-bond donors (Lipinski definition) is 1. The highest BCUT2D eigenvalue weighted by atomic mass is 16.5. The summed E-state index contributed by atoms with van der Waals surface area (Å²) in [4.78, 5) is 32.2. The van der Waals surface area contributed by atoms with Gasteiger partial charge in [-0.2, -0.15) is 0 Å². The zero-order chi connectivity index (χ0) is 21.1. The third-order valence-corrected chi connectivity index (χ3v) is 5.42. The van der Waals surface area contributed by atoms with Gasteiger partial charge >= 0.3 is 0 Å². The predicted molar refractivity (Wildman–Crippen MR) is 117 cm³/mol. The highest BCUT2D eigenvalue weighted by Crippen LogP contribution is 2.19. The van der Waals surface area contributed by atoms with Crippen LogP contribution in [0.2, 0.25) is 0 Å². The number of nitrogens with zero attached hydrogens (tertiary/aromatic N) is 3. The number of carbonyl (C=O) groups excluding carboxylic acids is 1. The number of aromatic nitrogens is 2.